The van der Waals surface area contributed by atoms with Crippen LogP contribution in [0.5, 0.6) is 0 Å². The minimum absolute atomic E-state index is 0.313. The number of rotatable bonds is 1. The largest absolute Gasteiger partial charge is 0.330 e. The maximum absolute atomic E-state index is 13.8. The number of benzene rings is 2. The van der Waals surface area contributed by atoms with Gasteiger partial charge in [-0.2, -0.15) is 0 Å². The molecule has 1 N–H and O–H groups in total. The molecule has 1 aromatic heterocycles. The van der Waals surface area contributed by atoms with Gasteiger partial charge in [0.2, 0.25) is 0 Å². The van der Waals surface area contributed by atoms with Crippen molar-refractivity contribution in [3.8, 4) is 5.69 Å². The summed E-state index contributed by atoms with van der Waals surface area (Å²) in [6.07, 6.45) is 0. The molecule has 0 unspecified atom stereocenters. The molecule has 0 atom stereocenters. The molecular formula is C14H9BrF2N2S. The Balaban J connectivity index is 2.39. The molecule has 2 nitrogen and oxygen atoms in total. The summed E-state index contributed by atoms with van der Waals surface area (Å²) in [7, 11) is 0. The zero-order valence-corrected chi connectivity index (χ0v) is 12.8. The fraction of sp³-hybridized carbons (Fsp3) is 0.0714. The maximum Gasteiger partial charge on any atom is 0.182 e. The third kappa shape index (κ3) is 2.09. The van der Waals surface area contributed by atoms with Crippen molar-refractivity contribution in [2.45, 2.75) is 6.92 Å². The van der Waals surface area contributed by atoms with Gasteiger partial charge in [-0.1, -0.05) is 0 Å². The highest BCUT2D eigenvalue weighted by Crippen LogP contribution is 2.27. The Labute approximate surface area is 127 Å². The number of aryl methyl sites for hydroxylation is 1. The summed E-state index contributed by atoms with van der Waals surface area (Å²) in [4.78, 5) is 3.02. The van der Waals surface area contributed by atoms with Crippen molar-refractivity contribution < 1.29 is 8.78 Å². The summed E-state index contributed by atoms with van der Waals surface area (Å²) < 4.78 is 29.5. The number of imidazole rings is 1. The molecule has 3 rings (SSSR count). The summed E-state index contributed by atoms with van der Waals surface area (Å²) in [5, 5.41) is 0. The van der Waals surface area contributed by atoms with E-state index in [1.165, 1.54) is 18.2 Å². The molecule has 2 aromatic carbocycles. The van der Waals surface area contributed by atoms with Crippen LogP contribution in [0.1, 0.15) is 5.56 Å². The van der Waals surface area contributed by atoms with Crippen molar-refractivity contribution in [1.82, 2.24) is 9.55 Å². The Morgan fingerprint density at radius 2 is 1.95 bits per heavy atom. The molecule has 0 spiro atoms. The predicted octanol–water partition coefficient (Wildman–Crippen LogP) is 5.04. The summed E-state index contributed by atoms with van der Waals surface area (Å²) in [6, 6.07) is 7.45. The van der Waals surface area contributed by atoms with Crippen LogP contribution in [0.15, 0.2) is 34.8 Å². The van der Waals surface area contributed by atoms with Crippen molar-refractivity contribution >= 4 is 39.2 Å². The standard InChI is InChI=1S/C14H9BrF2N2S/c1-7-4-8(16)2-3-12(7)19-13-6-10(17)9(15)5-11(13)18-14(19)20/h2-6H,1H3,(H,18,20). The molecule has 20 heavy (non-hydrogen) atoms. The zero-order valence-electron chi connectivity index (χ0n) is 10.4. The number of halogens is 3. The number of hydrogen-bond donors (Lipinski definition) is 1. The number of aromatic amines is 1. The molecule has 1 heterocycles. The van der Waals surface area contributed by atoms with Crippen LogP contribution in [0, 0.1) is 23.3 Å². The van der Waals surface area contributed by atoms with Gasteiger partial charge in [0.05, 0.1) is 21.2 Å². The van der Waals surface area contributed by atoms with Crippen LogP contribution >= 0.6 is 28.1 Å². The molecule has 0 aliphatic carbocycles. The molecule has 0 amide bonds. The minimum atomic E-state index is -0.375. The Morgan fingerprint density at radius 3 is 2.65 bits per heavy atom. The fourth-order valence-corrected chi connectivity index (χ4v) is 2.86. The van der Waals surface area contributed by atoms with E-state index in [2.05, 4.69) is 20.9 Å². The van der Waals surface area contributed by atoms with E-state index in [0.717, 1.165) is 11.3 Å². The molecule has 102 valence electrons. The van der Waals surface area contributed by atoms with E-state index in [4.69, 9.17) is 12.2 Å². The van der Waals surface area contributed by atoms with Crippen molar-refractivity contribution in [3.63, 3.8) is 0 Å². The lowest BCUT2D eigenvalue weighted by molar-refractivity contribution is 0.622. The third-order valence-electron chi connectivity index (χ3n) is 3.12. The lowest BCUT2D eigenvalue weighted by Gasteiger charge is -2.08. The van der Waals surface area contributed by atoms with Gasteiger partial charge in [0, 0.05) is 6.07 Å². The quantitative estimate of drug-likeness (QED) is 0.607. The summed E-state index contributed by atoms with van der Waals surface area (Å²) in [6.45, 7) is 1.79. The van der Waals surface area contributed by atoms with Gasteiger partial charge in [-0.3, -0.25) is 4.57 Å². The van der Waals surface area contributed by atoms with Crippen molar-refractivity contribution in [2.24, 2.45) is 0 Å². The third-order valence-corrected chi connectivity index (χ3v) is 4.02. The van der Waals surface area contributed by atoms with E-state index in [-0.39, 0.29) is 11.6 Å². The normalized spacial score (nSPS) is 11.2. The molecule has 0 saturated heterocycles. The first-order valence-electron chi connectivity index (χ1n) is 5.83. The molecule has 6 heteroatoms. The lowest BCUT2D eigenvalue weighted by Crippen LogP contribution is -1.98. The van der Waals surface area contributed by atoms with Crippen molar-refractivity contribution in [1.29, 1.82) is 0 Å². The number of hydrogen-bond acceptors (Lipinski definition) is 1. The first-order chi connectivity index (χ1) is 9.47. The highest BCUT2D eigenvalue weighted by molar-refractivity contribution is 9.10. The lowest BCUT2D eigenvalue weighted by atomic mass is 10.2. The number of aromatic nitrogens is 2. The van der Waals surface area contributed by atoms with Gasteiger partial charge in [-0.05, 0) is 64.9 Å². The molecule has 0 fully saturated rings. The zero-order chi connectivity index (χ0) is 14.4. The Bertz CT molecular complexity index is 883. The topological polar surface area (TPSA) is 20.7 Å². The van der Waals surface area contributed by atoms with E-state index in [0.29, 0.717) is 20.3 Å². The Morgan fingerprint density at radius 1 is 1.20 bits per heavy atom. The van der Waals surface area contributed by atoms with Crippen LogP contribution < -0.4 is 0 Å². The smallest absolute Gasteiger partial charge is 0.182 e. The molecule has 0 bridgehead atoms. The van der Waals surface area contributed by atoms with Gasteiger partial charge in [-0.15, -0.1) is 0 Å². The molecule has 0 radical (unpaired) electrons. The van der Waals surface area contributed by atoms with E-state index >= 15 is 0 Å². The maximum atomic E-state index is 13.8. The van der Waals surface area contributed by atoms with Crippen LogP contribution in [0.2, 0.25) is 0 Å². The number of fused-ring (bicyclic) bond motifs is 1. The molecule has 0 aliphatic heterocycles. The van der Waals surface area contributed by atoms with Crippen LogP contribution in [0.25, 0.3) is 16.7 Å². The predicted molar refractivity (Wildman–Crippen MR) is 80.8 cm³/mol. The van der Waals surface area contributed by atoms with Gasteiger partial charge in [0.25, 0.3) is 0 Å². The second kappa shape index (κ2) is 4.79. The number of nitrogens with one attached hydrogen (secondary N) is 1. The average molecular weight is 355 g/mol. The van der Waals surface area contributed by atoms with Gasteiger partial charge in [0.15, 0.2) is 4.77 Å². The molecule has 0 aliphatic rings. The van der Waals surface area contributed by atoms with Gasteiger partial charge >= 0.3 is 0 Å². The Kier molecular flexibility index (Phi) is 3.22. The Hall–Kier alpha value is -1.53. The number of H-pyrrole nitrogens is 1. The monoisotopic (exact) mass is 354 g/mol. The molecule has 3 aromatic rings. The second-order valence-corrected chi connectivity index (χ2v) is 5.72. The van der Waals surface area contributed by atoms with Crippen LogP contribution in [0.4, 0.5) is 8.78 Å². The van der Waals surface area contributed by atoms with Gasteiger partial charge in [0.1, 0.15) is 11.6 Å². The van der Waals surface area contributed by atoms with Crippen LogP contribution in [0.3, 0.4) is 0 Å². The van der Waals surface area contributed by atoms with Gasteiger partial charge < -0.3 is 4.98 Å². The summed E-state index contributed by atoms with van der Waals surface area (Å²) in [5.41, 5.74) is 2.78. The van der Waals surface area contributed by atoms with Gasteiger partial charge in [-0.25, -0.2) is 8.78 Å². The molecule has 0 saturated carbocycles. The van der Waals surface area contributed by atoms with Crippen LogP contribution in [-0.2, 0) is 0 Å². The van der Waals surface area contributed by atoms with Crippen molar-refractivity contribution in [3.05, 3.63) is 56.8 Å². The number of nitrogens with zero attached hydrogens (tertiary/aromatic N) is 1. The van der Waals surface area contributed by atoms with E-state index in [1.54, 1.807) is 23.6 Å². The molecular weight excluding hydrogens is 346 g/mol. The fourth-order valence-electron chi connectivity index (χ4n) is 2.21. The van der Waals surface area contributed by atoms with Crippen LogP contribution in [-0.4, -0.2) is 9.55 Å². The average Bonchev–Trinajstić information content (AvgIpc) is 2.66. The first-order valence-corrected chi connectivity index (χ1v) is 7.04. The van der Waals surface area contributed by atoms with E-state index in [1.807, 2.05) is 0 Å². The first kappa shape index (κ1) is 13.5. The highest BCUT2D eigenvalue weighted by Gasteiger charge is 2.12. The van der Waals surface area contributed by atoms with E-state index in [9.17, 15) is 8.78 Å². The minimum Gasteiger partial charge on any atom is -0.330 e. The summed E-state index contributed by atoms with van der Waals surface area (Å²) in [5.74, 6) is -0.688. The highest BCUT2D eigenvalue weighted by atomic mass is 79.9. The summed E-state index contributed by atoms with van der Waals surface area (Å²) >= 11 is 8.43. The van der Waals surface area contributed by atoms with Crippen molar-refractivity contribution in [2.75, 3.05) is 0 Å². The van der Waals surface area contributed by atoms with E-state index < -0.39 is 0 Å². The SMILES string of the molecule is Cc1cc(F)ccc1-n1c(=S)[nH]c2cc(Br)c(F)cc21. The second-order valence-electron chi connectivity index (χ2n) is 4.48.